The van der Waals surface area contributed by atoms with Crippen LogP contribution in [-0.2, 0) is 0 Å². The van der Waals surface area contributed by atoms with E-state index in [9.17, 15) is 4.39 Å². The van der Waals surface area contributed by atoms with Crippen LogP contribution in [0.2, 0.25) is 5.02 Å². The minimum Gasteiger partial charge on any atom is -0.322 e. The monoisotopic (exact) mass is 237 g/mol. The van der Waals surface area contributed by atoms with Crippen molar-refractivity contribution in [2.45, 2.75) is 6.92 Å². The molecule has 0 fully saturated rings. The van der Waals surface area contributed by atoms with Gasteiger partial charge in [0.05, 0.1) is 5.02 Å². The van der Waals surface area contributed by atoms with Gasteiger partial charge in [-0.25, -0.2) is 4.39 Å². The molecule has 1 nitrogen and oxygen atoms in total. The summed E-state index contributed by atoms with van der Waals surface area (Å²) >= 11 is 8.53. The lowest BCUT2D eigenvalue weighted by Crippen LogP contribution is -1.89. The molecule has 4 heteroatoms. The van der Waals surface area contributed by atoms with Crippen molar-refractivity contribution >= 4 is 33.4 Å². The summed E-state index contributed by atoms with van der Waals surface area (Å²) in [7, 11) is 0. The molecule has 0 bridgehead atoms. The van der Waals surface area contributed by atoms with E-state index in [1.165, 1.54) is 6.07 Å². The zero-order valence-corrected chi connectivity index (χ0v) is 8.13. The zero-order chi connectivity index (χ0) is 8.43. The van der Waals surface area contributed by atoms with Crippen molar-refractivity contribution in [3.8, 4) is 0 Å². The van der Waals surface area contributed by atoms with Crippen LogP contribution in [0.25, 0.3) is 0 Å². The van der Waals surface area contributed by atoms with E-state index in [4.69, 9.17) is 11.6 Å². The van der Waals surface area contributed by atoms with Crippen molar-refractivity contribution < 1.29 is 4.39 Å². The van der Waals surface area contributed by atoms with E-state index in [2.05, 4.69) is 20.5 Å². The molecule has 0 radical (unpaired) electrons. The molecule has 0 aliphatic rings. The molecule has 1 N–H and O–H groups in total. The van der Waals surface area contributed by atoms with Gasteiger partial charge in [0.1, 0.15) is 5.82 Å². The van der Waals surface area contributed by atoms with Gasteiger partial charge in [-0.2, -0.15) is 0 Å². The first-order valence-corrected chi connectivity index (χ1v) is 4.15. The highest BCUT2D eigenvalue weighted by atomic mass is 79.9. The van der Waals surface area contributed by atoms with Crippen LogP contribution in [0.15, 0.2) is 12.1 Å². The number of nitrogens with one attached hydrogen (secondary N) is 1. The summed E-state index contributed by atoms with van der Waals surface area (Å²) in [6.07, 6.45) is 0. The number of hydrogen-bond donors (Lipinski definition) is 1. The van der Waals surface area contributed by atoms with Crippen LogP contribution in [0.1, 0.15) is 5.56 Å². The van der Waals surface area contributed by atoms with Crippen LogP contribution in [0.3, 0.4) is 0 Å². The number of rotatable bonds is 1. The molecule has 60 valence electrons. The van der Waals surface area contributed by atoms with Crippen LogP contribution in [0, 0.1) is 12.7 Å². The predicted molar refractivity (Wildman–Crippen MR) is 48.7 cm³/mol. The fraction of sp³-hybridized carbons (Fsp3) is 0.143. The topological polar surface area (TPSA) is 12.0 Å². The van der Waals surface area contributed by atoms with Gasteiger partial charge in [-0.3, -0.25) is 0 Å². The second-order valence-electron chi connectivity index (χ2n) is 2.13. The Morgan fingerprint density at radius 2 is 2.18 bits per heavy atom. The lowest BCUT2D eigenvalue weighted by Gasteiger charge is -2.04. The summed E-state index contributed by atoms with van der Waals surface area (Å²) in [6, 6.07) is 3.21. The van der Waals surface area contributed by atoms with Crippen molar-refractivity contribution in [2.75, 3.05) is 4.34 Å². The van der Waals surface area contributed by atoms with Crippen LogP contribution < -0.4 is 4.34 Å². The molecule has 0 unspecified atom stereocenters. The highest BCUT2D eigenvalue weighted by Gasteiger charge is 2.06. The Morgan fingerprint density at radius 1 is 1.55 bits per heavy atom. The van der Waals surface area contributed by atoms with Gasteiger partial charge in [-0.15, -0.1) is 0 Å². The summed E-state index contributed by atoms with van der Waals surface area (Å²) in [5.74, 6) is -0.379. The van der Waals surface area contributed by atoms with Gasteiger partial charge in [0.25, 0.3) is 0 Å². The molecule has 0 aromatic heterocycles. The Bertz CT molecular complexity index is 277. The van der Waals surface area contributed by atoms with Gasteiger partial charge in [0.15, 0.2) is 0 Å². The first-order chi connectivity index (χ1) is 5.16. The fourth-order valence-corrected chi connectivity index (χ4v) is 1.39. The van der Waals surface area contributed by atoms with Gasteiger partial charge in [0.2, 0.25) is 0 Å². The SMILES string of the molecule is Cc1c(NBr)ccc(Cl)c1F. The van der Waals surface area contributed by atoms with Gasteiger partial charge in [-0.1, -0.05) is 11.6 Å². The fourth-order valence-electron chi connectivity index (χ4n) is 0.754. The van der Waals surface area contributed by atoms with E-state index >= 15 is 0 Å². The van der Waals surface area contributed by atoms with E-state index in [0.717, 1.165) is 0 Å². The highest BCUT2D eigenvalue weighted by molar-refractivity contribution is 9.10. The molecule has 1 aromatic carbocycles. The van der Waals surface area contributed by atoms with Crippen molar-refractivity contribution in [3.63, 3.8) is 0 Å². The van der Waals surface area contributed by atoms with Gasteiger partial charge in [0, 0.05) is 27.4 Å². The second-order valence-corrected chi connectivity index (χ2v) is 2.93. The minimum absolute atomic E-state index is 0.147. The maximum absolute atomic E-state index is 13.0. The Morgan fingerprint density at radius 3 is 2.73 bits per heavy atom. The highest BCUT2D eigenvalue weighted by Crippen LogP contribution is 2.25. The number of hydrogen-bond acceptors (Lipinski definition) is 1. The van der Waals surface area contributed by atoms with Crippen LogP contribution in [-0.4, -0.2) is 0 Å². The Kier molecular flexibility index (Phi) is 2.73. The van der Waals surface area contributed by atoms with Gasteiger partial charge in [-0.05, 0) is 19.1 Å². The molecule has 0 heterocycles. The first kappa shape index (κ1) is 8.81. The predicted octanol–water partition coefficient (Wildman–Crippen LogP) is 3.51. The third kappa shape index (κ3) is 1.65. The maximum atomic E-state index is 13.0. The third-order valence-corrected chi connectivity index (χ3v) is 2.16. The molecule has 1 aromatic rings. The molecule has 1 rings (SSSR count). The zero-order valence-electron chi connectivity index (χ0n) is 5.79. The number of benzene rings is 1. The maximum Gasteiger partial charge on any atom is 0.146 e. The molecular formula is C7H6BrClFN. The minimum atomic E-state index is -0.379. The summed E-state index contributed by atoms with van der Waals surface area (Å²) in [5, 5.41) is 0.147. The van der Waals surface area contributed by atoms with E-state index < -0.39 is 0 Å². The van der Waals surface area contributed by atoms with Crippen molar-refractivity contribution in [1.82, 2.24) is 0 Å². The van der Waals surface area contributed by atoms with E-state index in [-0.39, 0.29) is 10.8 Å². The molecule has 0 aliphatic carbocycles. The Hall–Kier alpha value is -0.280. The van der Waals surface area contributed by atoms with E-state index in [0.29, 0.717) is 11.3 Å². The summed E-state index contributed by atoms with van der Waals surface area (Å²) in [4.78, 5) is 0. The average Bonchev–Trinajstić information content (AvgIpc) is 2.01. The van der Waals surface area contributed by atoms with Crippen molar-refractivity contribution in [1.29, 1.82) is 0 Å². The normalized spacial score (nSPS) is 9.82. The second kappa shape index (κ2) is 3.41. The summed E-state index contributed by atoms with van der Waals surface area (Å²) in [5.41, 5.74) is 1.20. The smallest absolute Gasteiger partial charge is 0.146 e. The molecule has 0 saturated carbocycles. The molecule has 0 spiro atoms. The average molecular weight is 238 g/mol. The lowest BCUT2D eigenvalue weighted by molar-refractivity contribution is 0.620. The van der Waals surface area contributed by atoms with Crippen LogP contribution >= 0.6 is 27.7 Å². The number of halogens is 3. The quantitative estimate of drug-likeness (QED) is 0.738. The standard InChI is InChI=1S/C7H6BrClFN/c1-4-6(11-8)3-2-5(9)7(4)10/h2-3,11H,1H3. The Labute approximate surface area is 77.9 Å². The van der Waals surface area contributed by atoms with E-state index in [1.807, 2.05) is 0 Å². The Balaban J connectivity index is 3.25. The largest absolute Gasteiger partial charge is 0.322 e. The molecule has 11 heavy (non-hydrogen) atoms. The molecule has 0 aliphatic heterocycles. The summed E-state index contributed by atoms with van der Waals surface area (Å²) < 4.78 is 15.7. The molecule has 0 atom stereocenters. The first-order valence-electron chi connectivity index (χ1n) is 2.98. The van der Waals surface area contributed by atoms with Gasteiger partial charge >= 0.3 is 0 Å². The van der Waals surface area contributed by atoms with Crippen molar-refractivity contribution in [3.05, 3.63) is 28.5 Å². The number of anilines is 1. The molecular weight excluding hydrogens is 232 g/mol. The van der Waals surface area contributed by atoms with Gasteiger partial charge < -0.3 is 4.34 Å². The third-order valence-electron chi connectivity index (χ3n) is 1.44. The van der Waals surface area contributed by atoms with Crippen LogP contribution in [0.5, 0.6) is 0 Å². The molecule has 0 saturated heterocycles. The van der Waals surface area contributed by atoms with Crippen LogP contribution in [0.4, 0.5) is 10.1 Å². The lowest BCUT2D eigenvalue weighted by atomic mass is 10.2. The summed E-state index contributed by atoms with van der Waals surface area (Å²) in [6.45, 7) is 1.66. The van der Waals surface area contributed by atoms with E-state index in [1.54, 1.807) is 13.0 Å². The molecule has 0 amide bonds. The van der Waals surface area contributed by atoms with Crippen molar-refractivity contribution in [2.24, 2.45) is 0 Å².